The van der Waals surface area contributed by atoms with E-state index in [0.29, 0.717) is 11.3 Å². The lowest BCUT2D eigenvalue weighted by molar-refractivity contribution is -0.120. The lowest BCUT2D eigenvalue weighted by Crippen LogP contribution is -2.37. The summed E-state index contributed by atoms with van der Waals surface area (Å²) in [5.74, 6) is -0.868. The van der Waals surface area contributed by atoms with Gasteiger partial charge in [0.1, 0.15) is 6.54 Å². The van der Waals surface area contributed by atoms with E-state index in [0.717, 1.165) is 16.8 Å². The number of carbonyl (C=O) groups excluding carboxylic acids is 3. The third kappa shape index (κ3) is 4.97. The molecular weight excluding hydrogens is 356 g/mol. The van der Waals surface area contributed by atoms with Crippen molar-refractivity contribution in [3.05, 3.63) is 59.2 Å². The maximum atomic E-state index is 12.7. The summed E-state index contributed by atoms with van der Waals surface area (Å²) in [6.45, 7) is 7.27. The number of ether oxygens (including phenoxy) is 1. The van der Waals surface area contributed by atoms with Gasteiger partial charge in [-0.1, -0.05) is 38.1 Å². The summed E-state index contributed by atoms with van der Waals surface area (Å²) in [5, 5.41) is 2.94. The Hall–Kier alpha value is -3.15. The number of hydrogen-bond donors (Lipinski definition) is 1. The Kier molecular flexibility index (Phi) is 6.93. The van der Waals surface area contributed by atoms with Gasteiger partial charge in [0.2, 0.25) is 11.8 Å². The van der Waals surface area contributed by atoms with Crippen molar-refractivity contribution >= 4 is 29.2 Å². The first-order valence-corrected chi connectivity index (χ1v) is 9.10. The average molecular weight is 382 g/mol. The minimum Gasteiger partial charge on any atom is -0.465 e. The van der Waals surface area contributed by atoms with E-state index in [1.165, 1.54) is 25.0 Å². The molecule has 1 N–H and O–H groups in total. The van der Waals surface area contributed by atoms with Gasteiger partial charge in [-0.25, -0.2) is 4.79 Å². The Morgan fingerprint density at radius 1 is 1.11 bits per heavy atom. The third-order valence-electron chi connectivity index (χ3n) is 4.45. The van der Waals surface area contributed by atoms with Gasteiger partial charge in [0.25, 0.3) is 0 Å². The van der Waals surface area contributed by atoms with Crippen molar-refractivity contribution in [3.63, 3.8) is 0 Å². The average Bonchev–Trinajstić information content (AvgIpc) is 2.66. The van der Waals surface area contributed by atoms with E-state index in [1.807, 2.05) is 25.1 Å². The molecule has 0 fully saturated rings. The molecular formula is C22H26N2O4. The minimum absolute atomic E-state index is 0.161. The van der Waals surface area contributed by atoms with Crippen LogP contribution >= 0.6 is 0 Å². The fourth-order valence-corrected chi connectivity index (χ4v) is 2.97. The Morgan fingerprint density at radius 3 is 2.39 bits per heavy atom. The SMILES string of the molecule is COC(=O)c1cccc(N(CC(=O)Nc2c(C)cccc2C(C)C)C(C)=O)c1. The fourth-order valence-electron chi connectivity index (χ4n) is 2.97. The normalized spacial score (nSPS) is 10.5. The molecule has 28 heavy (non-hydrogen) atoms. The predicted octanol–water partition coefficient (Wildman–Crippen LogP) is 3.90. The molecule has 6 nitrogen and oxygen atoms in total. The molecule has 0 unspecified atom stereocenters. The van der Waals surface area contributed by atoms with Crippen LogP contribution in [-0.2, 0) is 14.3 Å². The van der Waals surface area contributed by atoms with E-state index >= 15 is 0 Å². The quantitative estimate of drug-likeness (QED) is 0.769. The largest absolute Gasteiger partial charge is 0.465 e. The highest BCUT2D eigenvalue weighted by molar-refractivity contribution is 6.03. The summed E-state index contributed by atoms with van der Waals surface area (Å²) in [7, 11) is 1.29. The fraction of sp³-hybridized carbons (Fsp3) is 0.318. The van der Waals surface area contributed by atoms with Gasteiger partial charge in [-0.3, -0.25) is 9.59 Å². The lowest BCUT2D eigenvalue weighted by atomic mass is 9.98. The molecule has 2 aromatic carbocycles. The predicted molar refractivity (Wildman–Crippen MR) is 110 cm³/mol. The van der Waals surface area contributed by atoms with Crippen molar-refractivity contribution in [2.75, 3.05) is 23.9 Å². The molecule has 6 heteroatoms. The molecule has 0 saturated carbocycles. The van der Waals surface area contributed by atoms with Crippen molar-refractivity contribution in [3.8, 4) is 0 Å². The topological polar surface area (TPSA) is 75.7 Å². The van der Waals surface area contributed by atoms with Crippen molar-refractivity contribution in [1.82, 2.24) is 0 Å². The zero-order chi connectivity index (χ0) is 20.8. The highest BCUT2D eigenvalue weighted by Crippen LogP contribution is 2.27. The zero-order valence-corrected chi connectivity index (χ0v) is 16.9. The third-order valence-corrected chi connectivity index (χ3v) is 4.45. The van der Waals surface area contributed by atoms with Crippen LogP contribution in [0.5, 0.6) is 0 Å². The first kappa shape index (κ1) is 21.2. The Labute approximate surface area is 165 Å². The maximum Gasteiger partial charge on any atom is 0.337 e. The monoisotopic (exact) mass is 382 g/mol. The number of esters is 1. The first-order valence-electron chi connectivity index (χ1n) is 9.10. The summed E-state index contributed by atoms with van der Waals surface area (Å²) in [4.78, 5) is 37.9. The van der Waals surface area contributed by atoms with E-state index in [-0.39, 0.29) is 24.3 Å². The Morgan fingerprint density at radius 2 is 1.79 bits per heavy atom. The van der Waals surface area contributed by atoms with Gasteiger partial charge >= 0.3 is 5.97 Å². The van der Waals surface area contributed by atoms with Crippen LogP contribution in [0, 0.1) is 6.92 Å². The van der Waals surface area contributed by atoms with Gasteiger partial charge in [-0.05, 0) is 42.2 Å². The molecule has 0 aromatic heterocycles. The van der Waals surface area contributed by atoms with Gasteiger partial charge in [-0.15, -0.1) is 0 Å². The number of methoxy groups -OCH3 is 1. The van der Waals surface area contributed by atoms with E-state index < -0.39 is 5.97 Å². The number of amides is 2. The smallest absolute Gasteiger partial charge is 0.337 e. The zero-order valence-electron chi connectivity index (χ0n) is 16.9. The molecule has 0 heterocycles. The van der Waals surface area contributed by atoms with Crippen LogP contribution in [0.25, 0.3) is 0 Å². The second-order valence-electron chi connectivity index (χ2n) is 6.89. The summed E-state index contributed by atoms with van der Waals surface area (Å²) >= 11 is 0. The van der Waals surface area contributed by atoms with Crippen LogP contribution in [0.3, 0.4) is 0 Å². The maximum absolute atomic E-state index is 12.7. The van der Waals surface area contributed by atoms with Crippen molar-refractivity contribution < 1.29 is 19.1 Å². The van der Waals surface area contributed by atoms with E-state index in [4.69, 9.17) is 4.74 Å². The number of para-hydroxylation sites is 1. The molecule has 0 bridgehead atoms. The molecule has 0 spiro atoms. The van der Waals surface area contributed by atoms with E-state index in [9.17, 15) is 14.4 Å². The molecule has 2 rings (SSSR count). The molecule has 0 aliphatic carbocycles. The minimum atomic E-state index is -0.503. The molecule has 0 atom stereocenters. The molecule has 0 radical (unpaired) electrons. The van der Waals surface area contributed by atoms with Crippen molar-refractivity contribution in [1.29, 1.82) is 0 Å². The van der Waals surface area contributed by atoms with Gasteiger partial charge in [0.15, 0.2) is 0 Å². The van der Waals surface area contributed by atoms with Crippen molar-refractivity contribution in [2.24, 2.45) is 0 Å². The number of aryl methyl sites for hydroxylation is 1. The lowest BCUT2D eigenvalue weighted by Gasteiger charge is -2.22. The number of carbonyl (C=O) groups is 3. The van der Waals surface area contributed by atoms with Crippen LogP contribution in [-0.4, -0.2) is 31.4 Å². The first-order chi connectivity index (χ1) is 13.2. The number of nitrogens with zero attached hydrogens (tertiary/aromatic N) is 1. The van der Waals surface area contributed by atoms with Crippen LogP contribution in [0.15, 0.2) is 42.5 Å². The standard InChI is InChI=1S/C22H26N2O4/c1-14(2)19-11-6-8-15(3)21(19)23-20(26)13-24(16(4)25)18-10-7-9-17(12-18)22(27)28-5/h6-12,14H,13H2,1-5H3,(H,23,26). The van der Waals surface area contributed by atoms with Gasteiger partial charge in [-0.2, -0.15) is 0 Å². The van der Waals surface area contributed by atoms with Crippen LogP contribution in [0.2, 0.25) is 0 Å². The van der Waals surface area contributed by atoms with Crippen LogP contribution in [0.1, 0.15) is 48.2 Å². The second-order valence-corrected chi connectivity index (χ2v) is 6.89. The Bertz CT molecular complexity index is 890. The Balaban J connectivity index is 2.26. The molecule has 0 saturated heterocycles. The molecule has 0 aliphatic rings. The second kappa shape index (κ2) is 9.17. The highest BCUT2D eigenvalue weighted by Gasteiger charge is 2.19. The molecule has 0 aliphatic heterocycles. The summed E-state index contributed by atoms with van der Waals surface area (Å²) in [6.07, 6.45) is 0. The number of anilines is 2. The van der Waals surface area contributed by atoms with Crippen LogP contribution < -0.4 is 10.2 Å². The summed E-state index contributed by atoms with van der Waals surface area (Å²) in [5.41, 5.74) is 3.54. The molecule has 2 aromatic rings. The summed E-state index contributed by atoms with van der Waals surface area (Å²) < 4.78 is 4.72. The van der Waals surface area contributed by atoms with Crippen molar-refractivity contribution in [2.45, 2.75) is 33.6 Å². The van der Waals surface area contributed by atoms with E-state index in [1.54, 1.807) is 18.2 Å². The highest BCUT2D eigenvalue weighted by atomic mass is 16.5. The van der Waals surface area contributed by atoms with Crippen LogP contribution in [0.4, 0.5) is 11.4 Å². The number of rotatable bonds is 6. The number of hydrogen-bond acceptors (Lipinski definition) is 4. The molecule has 2 amide bonds. The van der Waals surface area contributed by atoms with E-state index in [2.05, 4.69) is 19.2 Å². The molecule has 148 valence electrons. The number of benzene rings is 2. The van der Waals surface area contributed by atoms with Gasteiger partial charge < -0.3 is 15.0 Å². The van der Waals surface area contributed by atoms with Gasteiger partial charge in [0, 0.05) is 18.3 Å². The number of nitrogens with one attached hydrogen (secondary N) is 1. The van der Waals surface area contributed by atoms with Gasteiger partial charge in [0.05, 0.1) is 12.7 Å². The summed E-state index contributed by atoms with van der Waals surface area (Å²) in [6, 6.07) is 12.3.